The highest BCUT2D eigenvalue weighted by Crippen LogP contribution is 2.34. The molecule has 4 heteroatoms. The lowest BCUT2D eigenvalue weighted by atomic mass is 9.91. The molecule has 0 unspecified atom stereocenters. The van der Waals surface area contributed by atoms with E-state index in [1.54, 1.807) is 0 Å². The van der Waals surface area contributed by atoms with E-state index in [9.17, 15) is 9.59 Å². The Bertz CT molecular complexity index is 632. The van der Waals surface area contributed by atoms with E-state index in [1.807, 2.05) is 49.9 Å². The van der Waals surface area contributed by atoms with Crippen LogP contribution in [0.2, 0.25) is 0 Å². The maximum atomic E-state index is 12.9. The summed E-state index contributed by atoms with van der Waals surface area (Å²) in [6.45, 7) is 6.33. The lowest BCUT2D eigenvalue weighted by Crippen LogP contribution is -2.47. The number of rotatable bonds is 1. The maximum Gasteiger partial charge on any atom is 0.410 e. The maximum absolute atomic E-state index is 12.9. The van der Waals surface area contributed by atoms with Crippen LogP contribution in [-0.2, 0) is 11.2 Å². The van der Waals surface area contributed by atoms with Gasteiger partial charge < -0.3 is 9.64 Å². The van der Waals surface area contributed by atoms with Crippen molar-refractivity contribution in [2.24, 2.45) is 5.92 Å². The van der Waals surface area contributed by atoms with Crippen molar-refractivity contribution in [1.29, 1.82) is 0 Å². The Morgan fingerprint density at radius 2 is 1.92 bits per heavy atom. The molecule has 1 saturated heterocycles. The summed E-state index contributed by atoms with van der Waals surface area (Å²) < 4.78 is 5.61. The number of ketones is 1. The first-order chi connectivity index (χ1) is 11.4. The second-order valence-corrected chi connectivity index (χ2v) is 7.92. The van der Waals surface area contributed by atoms with Gasteiger partial charge in [0.05, 0.1) is 0 Å². The Balaban J connectivity index is 1.84. The summed E-state index contributed by atoms with van der Waals surface area (Å²) in [7, 11) is 0. The molecule has 24 heavy (non-hydrogen) atoms. The Hall–Kier alpha value is -1.84. The van der Waals surface area contributed by atoms with Crippen LogP contribution in [0.15, 0.2) is 24.3 Å². The molecule has 1 aliphatic carbocycles. The van der Waals surface area contributed by atoms with Gasteiger partial charge in [0.25, 0.3) is 0 Å². The standard InChI is InChI=1S/C20H27NO3/c1-20(2,3)24-19(23)21-12-8-4-5-11-17(21)16-13-14-9-6-7-10-15(14)18(16)22/h6-7,9-10,16-17H,4-5,8,11-13H2,1-3H3/t16-,17-/m1/s1. The van der Waals surface area contributed by atoms with Crippen molar-refractivity contribution in [1.82, 2.24) is 4.90 Å². The van der Waals surface area contributed by atoms with Crippen molar-refractivity contribution >= 4 is 11.9 Å². The van der Waals surface area contributed by atoms with Gasteiger partial charge in [-0.15, -0.1) is 0 Å². The fourth-order valence-corrected chi connectivity index (χ4v) is 3.88. The van der Waals surface area contributed by atoms with E-state index in [1.165, 1.54) is 0 Å². The van der Waals surface area contributed by atoms with Crippen LogP contribution in [0.5, 0.6) is 0 Å². The molecule has 4 nitrogen and oxygen atoms in total. The first kappa shape index (κ1) is 17.0. The van der Waals surface area contributed by atoms with Crippen molar-refractivity contribution in [3.05, 3.63) is 35.4 Å². The average Bonchev–Trinajstić information content (AvgIpc) is 2.70. The van der Waals surface area contributed by atoms with Gasteiger partial charge in [-0.3, -0.25) is 4.79 Å². The van der Waals surface area contributed by atoms with Crippen LogP contribution < -0.4 is 0 Å². The zero-order valence-electron chi connectivity index (χ0n) is 14.9. The average molecular weight is 329 g/mol. The van der Waals surface area contributed by atoms with Crippen LogP contribution in [0.4, 0.5) is 4.79 Å². The number of hydrogen-bond donors (Lipinski definition) is 0. The van der Waals surface area contributed by atoms with E-state index < -0.39 is 5.60 Å². The molecule has 130 valence electrons. The summed E-state index contributed by atoms with van der Waals surface area (Å²) in [5.74, 6) is 0.0547. The first-order valence-corrected chi connectivity index (χ1v) is 8.98. The molecule has 1 aromatic carbocycles. The van der Waals surface area contributed by atoms with Crippen molar-refractivity contribution < 1.29 is 14.3 Å². The number of ether oxygens (including phenoxy) is 1. The number of Topliss-reactive ketones (excluding diaryl/α,β-unsaturated/α-hetero) is 1. The number of likely N-dealkylation sites (tertiary alicyclic amines) is 1. The van der Waals surface area contributed by atoms with Gasteiger partial charge in [0, 0.05) is 24.1 Å². The van der Waals surface area contributed by atoms with Gasteiger partial charge >= 0.3 is 6.09 Å². The fraction of sp³-hybridized carbons (Fsp3) is 0.600. The van der Waals surface area contributed by atoms with Crippen molar-refractivity contribution in [2.75, 3.05) is 6.54 Å². The molecule has 0 N–H and O–H groups in total. The summed E-state index contributed by atoms with van der Waals surface area (Å²) in [5.41, 5.74) is 1.42. The topological polar surface area (TPSA) is 46.6 Å². The fourth-order valence-electron chi connectivity index (χ4n) is 3.88. The van der Waals surface area contributed by atoms with Gasteiger partial charge in [-0.2, -0.15) is 0 Å². The van der Waals surface area contributed by atoms with Crippen LogP contribution >= 0.6 is 0 Å². The molecule has 1 heterocycles. The van der Waals surface area contributed by atoms with Crippen molar-refractivity contribution in [3.63, 3.8) is 0 Å². The highest BCUT2D eigenvalue weighted by molar-refractivity contribution is 6.02. The largest absolute Gasteiger partial charge is 0.444 e. The van der Waals surface area contributed by atoms with Gasteiger partial charge in [0.2, 0.25) is 0 Å². The predicted octanol–water partition coefficient (Wildman–Crippen LogP) is 4.22. The molecule has 1 aliphatic heterocycles. The van der Waals surface area contributed by atoms with Crippen LogP contribution in [0.3, 0.4) is 0 Å². The molecule has 0 bridgehead atoms. The summed E-state index contributed by atoms with van der Waals surface area (Å²) in [6.07, 6.45) is 4.47. The minimum absolute atomic E-state index is 0.0535. The quantitative estimate of drug-likeness (QED) is 0.775. The van der Waals surface area contributed by atoms with Crippen LogP contribution in [0.25, 0.3) is 0 Å². The molecule has 0 aromatic heterocycles. The van der Waals surface area contributed by atoms with Gasteiger partial charge in [0.15, 0.2) is 5.78 Å². The number of fused-ring (bicyclic) bond motifs is 1. The van der Waals surface area contributed by atoms with Gasteiger partial charge in [-0.25, -0.2) is 4.79 Å². The summed E-state index contributed by atoms with van der Waals surface area (Å²) in [6, 6.07) is 7.78. The summed E-state index contributed by atoms with van der Waals surface area (Å²) in [4.78, 5) is 27.4. The van der Waals surface area contributed by atoms with E-state index in [0.717, 1.165) is 43.2 Å². The molecule has 3 rings (SSSR count). The van der Waals surface area contributed by atoms with E-state index in [4.69, 9.17) is 4.74 Å². The van der Waals surface area contributed by atoms with Crippen LogP contribution in [-0.4, -0.2) is 35.0 Å². The number of benzene rings is 1. The van der Waals surface area contributed by atoms with Gasteiger partial charge in [-0.1, -0.05) is 37.1 Å². The third-order valence-corrected chi connectivity index (χ3v) is 4.95. The zero-order chi connectivity index (χ0) is 17.3. The van der Waals surface area contributed by atoms with Crippen LogP contribution in [0.1, 0.15) is 62.4 Å². The molecule has 0 radical (unpaired) electrons. The van der Waals surface area contributed by atoms with Crippen LogP contribution in [0, 0.1) is 5.92 Å². The Morgan fingerprint density at radius 1 is 1.17 bits per heavy atom. The Morgan fingerprint density at radius 3 is 2.62 bits per heavy atom. The third-order valence-electron chi connectivity index (χ3n) is 4.95. The summed E-state index contributed by atoms with van der Waals surface area (Å²) in [5, 5.41) is 0. The number of carbonyl (C=O) groups excluding carboxylic acids is 2. The molecular formula is C20H27NO3. The molecule has 2 aliphatic rings. The second-order valence-electron chi connectivity index (χ2n) is 7.92. The lowest BCUT2D eigenvalue weighted by molar-refractivity contribution is 0.0112. The number of carbonyl (C=O) groups is 2. The molecular weight excluding hydrogens is 302 g/mol. The molecule has 1 aromatic rings. The Kier molecular flexibility index (Phi) is 4.66. The predicted molar refractivity (Wildman–Crippen MR) is 93.2 cm³/mol. The monoisotopic (exact) mass is 329 g/mol. The number of nitrogens with zero attached hydrogens (tertiary/aromatic N) is 1. The normalized spacial score (nSPS) is 24.5. The molecule has 0 spiro atoms. The van der Waals surface area contributed by atoms with Crippen molar-refractivity contribution in [2.45, 2.75) is 64.5 Å². The SMILES string of the molecule is CC(C)(C)OC(=O)N1CCCCC[C@@H]1[C@H]1Cc2ccccc2C1=O. The van der Waals surface area contributed by atoms with Gasteiger partial charge in [-0.05, 0) is 45.6 Å². The molecule has 1 fully saturated rings. The smallest absolute Gasteiger partial charge is 0.410 e. The third kappa shape index (κ3) is 3.47. The molecule has 1 amide bonds. The second kappa shape index (κ2) is 6.58. The Labute approximate surface area is 144 Å². The van der Waals surface area contributed by atoms with E-state index >= 15 is 0 Å². The minimum atomic E-state index is -0.517. The minimum Gasteiger partial charge on any atom is -0.444 e. The molecule has 0 saturated carbocycles. The van der Waals surface area contributed by atoms with E-state index in [0.29, 0.717) is 6.54 Å². The number of amides is 1. The zero-order valence-corrected chi connectivity index (χ0v) is 14.9. The summed E-state index contributed by atoms with van der Waals surface area (Å²) >= 11 is 0. The van der Waals surface area contributed by atoms with E-state index in [-0.39, 0.29) is 23.8 Å². The first-order valence-electron chi connectivity index (χ1n) is 8.98. The highest BCUT2D eigenvalue weighted by atomic mass is 16.6. The lowest BCUT2D eigenvalue weighted by Gasteiger charge is -2.35. The van der Waals surface area contributed by atoms with Crippen molar-refractivity contribution in [3.8, 4) is 0 Å². The molecule has 2 atom stereocenters. The van der Waals surface area contributed by atoms with E-state index in [2.05, 4.69) is 0 Å². The van der Waals surface area contributed by atoms with Gasteiger partial charge in [0.1, 0.15) is 5.60 Å². The highest BCUT2D eigenvalue weighted by Gasteiger charge is 2.41. The number of hydrogen-bond acceptors (Lipinski definition) is 3.